The minimum atomic E-state index is -4.98. The SMILES string of the molecule is CCCCCC/C=C\C=C/CCCCCCCC(=O)OC[C@H](COP(=O)(O)OC[C@@H](O)COP(=O)(O)OC[C@@H](COC(=O)CCCCCCCCCCC(C)C)OC(=O)CCCCCCC/C=C\C=C/CCCCCC)OC(=O)CCCCCCCCCCCCCCCCCCCCC(C)CC. The third-order valence-corrected chi connectivity index (χ3v) is 20.7. The lowest BCUT2D eigenvalue weighted by Gasteiger charge is -2.21. The maximum Gasteiger partial charge on any atom is 0.472 e. The van der Waals surface area contributed by atoms with E-state index in [-0.39, 0.29) is 25.7 Å². The molecule has 604 valence electrons. The maximum atomic E-state index is 13.1. The first-order valence-electron chi connectivity index (χ1n) is 42.2. The van der Waals surface area contributed by atoms with Gasteiger partial charge in [-0.1, -0.05) is 341 Å². The van der Waals surface area contributed by atoms with E-state index in [1.165, 1.54) is 173 Å². The molecule has 0 aliphatic carbocycles. The van der Waals surface area contributed by atoms with Gasteiger partial charge in [-0.25, -0.2) is 9.13 Å². The molecule has 0 saturated heterocycles. The van der Waals surface area contributed by atoms with E-state index in [0.717, 1.165) is 140 Å². The fourth-order valence-corrected chi connectivity index (χ4v) is 13.5. The van der Waals surface area contributed by atoms with E-state index >= 15 is 0 Å². The molecule has 0 amide bonds. The highest BCUT2D eigenvalue weighted by Crippen LogP contribution is 2.45. The lowest BCUT2D eigenvalue weighted by Crippen LogP contribution is -2.30. The molecule has 0 bridgehead atoms. The molecule has 0 aliphatic rings. The molecule has 0 saturated carbocycles. The number of hydrogen-bond donors (Lipinski definition) is 3. The molecule has 3 unspecified atom stereocenters. The number of aliphatic hydroxyl groups is 1. The van der Waals surface area contributed by atoms with Crippen LogP contribution in [0.5, 0.6) is 0 Å². The van der Waals surface area contributed by atoms with Crippen LogP contribution < -0.4 is 0 Å². The van der Waals surface area contributed by atoms with Gasteiger partial charge in [0.1, 0.15) is 19.3 Å². The van der Waals surface area contributed by atoms with Crippen molar-refractivity contribution in [3.05, 3.63) is 48.6 Å². The molecule has 0 fully saturated rings. The van der Waals surface area contributed by atoms with Crippen LogP contribution in [0.15, 0.2) is 48.6 Å². The molecule has 0 heterocycles. The summed E-state index contributed by atoms with van der Waals surface area (Å²) in [6.45, 7) is 9.54. The summed E-state index contributed by atoms with van der Waals surface area (Å²) in [6, 6.07) is 0. The lowest BCUT2D eigenvalue weighted by atomic mass is 9.99. The van der Waals surface area contributed by atoms with Crippen LogP contribution in [-0.4, -0.2) is 96.7 Å². The van der Waals surface area contributed by atoms with Crippen molar-refractivity contribution in [2.45, 2.75) is 413 Å². The van der Waals surface area contributed by atoms with E-state index in [9.17, 15) is 43.2 Å². The largest absolute Gasteiger partial charge is 0.472 e. The number of phosphoric ester groups is 2. The highest BCUT2D eigenvalue weighted by Gasteiger charge is 2.30. The second-order valence-corrected chi connectivity index (χ2v) is 32.5. The van der Waals surface area contributed by atoms with E-state index in [2.05, 4.69) is 90.2 Å². The minimum absolute atomic E-state index is 0.0822. The van der Waals surface area contributed by atoms with Gasteiger partial charge >= 0.3 is 39.5 Å². The maximum absolute atomic E-state index is 13.1. The number of phosphoric acid groups is 2. The number of unbranched alkanes of at least 4 members (excludes halogenated alkanes) is 42. The Balaban J connectivity index is 5.29. The molecule has 0 aliphatic heterocycles. The first-order chi connectivity index (χ1) is 49.9. The number of carbonyl (C=O) groups is 4. The summed E-state index contributed by atoms with van der Waals surface area (Å²) in [6.07, 6.45) is 71.0. The molecule has 103 heavy (non-hydrogen) atoms. The molecule has 0 aromatic carbocycles. The van der Waals surface area contributed by atoms with E-state index in [1.54, 1.807) is 0 Å². The fourth-order valence-electron chi connectivity index (χ4n) is 12.0. The van der Waals surface area contributed by atoms with Gasteiger partial charge in [0.05, 0.1) is 26.4 Å². The van der Waals surface area contributed by atoms with Gasteiger partial charge in [0.2, 0.25) is 0 Å². The highest BCUT2D eigenvalue weighted by molar-refractivity contribution is 7.47. The number of rotatable bonds is 79. The third kappa shape index (κ3) is 75.6. The smallest absolute Gasteiger partial charge is 0.462 e. The fraction of sp³-hybridized carbons (Fsp3) is 0.857. The van der Waals surface area contributed by atoms with Crippen LogP contribution in [0.4, 0.5) is 0 Å². The normalized spacial score (nSPS) is 14.4. The van der Waals surface area contributed by atoms with Crippen molar-refractivity contribution >= 4 is 39.5 Å². The van der Waals surface area contributed by atoms with Crippen molar-refractivity contribution in [2.75, 3.05) is 39.6 Å². The molecule has 0 spiro atoms. The predicted molar refractivity (Wildman–Crippen MR) is 423 cm³/mol. The summed E-state index contributed by atoms with van der Waals surface area (Å²) in [5.41, 5.74) is 0. The molecular weight excluding hydrogens is 1340 g/mol. The Morgan fingerprint density at radius 2 is 0.573 bits per heavy atom. The van der Waals surface area contributed by atoms with Crippen LogP contribution in [0.3, 0.4) is 0 Å². The van der Waals surface area contributed by atoms with Crippen LogP contribution in [0, 0.1) is 11.8 Å². The van der Waals surface area contributed by atoms with E-state index in [4.69, 9.17) is 37.0 Å². The van der Waals surface area contributed by atoms with Crippen LogP contribution in [-0.2, 0) is 65.4 Å². The van der Waals surface area contributed by atoms with Crippen molar-refractivity contribution in [1.82, 2.24) is 0 Å². The molecule has 0 radical (unpaired) electrons. The molecule has 19 heteroatoms. The van der Waals surface area contributed by atoms with Gasteiger partial charge in [-0.05, 0) is 88.9 Å². The number of esters is 4. The monoisotopic (exact) mass is 1500 g/mol. The number of allylic oxidation sites excluding steroid dienone is 8. The number of ether oxygens (including phenoxy) is 4. The van der Waals surface area contributed by atoms with Crippen LogP contribution in [0.25, 0.3) is 0 Å². The second-order valence-electron chi connectivity index (χ2n) is 29.6. The minimum Gasteiger partial charge on any atom is -0.462 e. The molecule has 0 aromatic heterocycles. The average Bonchev–Trinajstić information content (AvgIpc) is 0.927. The Morgan fingerprint density at radius 1 is 0.320 bits per heavy atom. The average molecular weight is 1500 g/mol. The van der Waals surface area contributed by atoms with Gasteiger partial charge in [-0.2, -0.15) is 0 Å². The highest BCUT2D eigenvalue weighted by atomic mass is 31.2. The van der Waals surface area contributed by atoms with Gasteiger partial charge < -0.3 is 33.8 Å². The van der Waals surface area contributed by atoms with Gasteiger partial charge in [0.25, 0.3) is 0 Å². The van der Waals surface area contributed by atoms with Crippen LogP contribution in [0.1, 0.15) is 395 Å². The Labute approximate surface area is 629 Å². The molecule has 0 rings (SSSR count). The van der Waals surface area contributed by atoms with Crippen molar-refractivity contribution in [3.8, 4) is 0 Å². The van der Waals surface area contributed by atoms with Gasteiger partial charge in [0, 0.05) is 25.7 Å². The topological polar surface area (TPSA) is 237 Å². The number of hydrogen-bond acceptors (Lipinski definition) is 15. The summed E-state index contributed by atoms with van der Waals surface area (Å²) in [7, 11) is -9.95. The van der Waals surface area contributed by atoms with Crippen molar-refractivity contribution < 1.29 is 80.2 Å². The number of carbonyl (C=O) groups excluding carboxylic acids is 4. The quantitative estimate of drug-likeness (QED) is 0.0169. The number of aliphatic hydroxyl groups excluding tert-OH is 1. The summed E-state index contributed by atoms with van der Waals surface area (Å²) in [5.74, 6) is -0.578. The third-order valence-electron chi connectivity index (χ3n) is 18.8. The molecule has 17 nitrogen and oxygen atoms in total. The van der Waals surface area contributed by atoms with E-state index in [0.29, 0.717) is 25.7 Å². The van der Waals surface area contributed by atoms with Crippen LogP contribution in [0.2, 0.25) is 0 Å². The van der Waals surface area contributed by atoms with Gasteiger partial charge in [-0.15, -0.1) is 0 Å². The van der Waals surface area contributed by atoms with Crippen molar-refractivity contribution in [1.29, 1.82) is 0 Å². The zero-order valence-electron chi connectivity index (χ0n) is 66.6. The molecule has 0 aromatic rings. The molecular formula is C84H156O17P2. The zero-order valence-corrected chi connectivity index (χ0v) is 68.4. The Hall–Kier alpha value is -2.98. The van der Waals surface area contributed by atoms with E-state index in [1.807, 2.05) is 0 Å². The van der Waals surface area contributed by atoms with E-state index < -0.39 is 97.5 Å². The summed E-state index contributed by atoms with van der Waals surface area (Å²) in [5, 5.41) is 10.6. The second kappa shape index (κ2) is 74.5. The first-order valence-corrected chi connectivity index (χ1v) is 45.2. The summed E-state index contributed by atoms with van der Waals surface area (Å²) < 4.78 is 68.7. The van der Waals surface area contributed by atoms with Gasteiger partial charge in [0.15, 0.2) is 12.2 Å². The van der Waals surface area contributed by atoms with Crippen molar-refractivity contribution in [2.24, 2.45) is 11.8 Å². The summed E-state index contributed by atoms with van der Waals surface area (Å²) >= 11 is 0. The van der Waals surface area contributed by atoms with Crippen LogP contribution >= 0.6 is 15.6 Å². The van der Waals surface area contributed by atoms with Crippen molar-refractivity contribution in [3.63, 3.8) is 0 Å². The Bertz CT molecular complexity index is 2170. The molecule has 3 N–H and O–H groups in total. The Kier molecular flexibility index (Phi) is 72.3. The predicted octanol–water partition coefficient (Wildman–Crippen LogP) is 24.6. The zero-order chi connectivity index (χ0) is 75.6. The Morgan fingerprint density at radius 3 is 0.864 bits per heavy atom. The molecule has 6 atom stereocenters. The first kappa shape index (κ1) is 100. The lowest BCUT2D eigenvalue weighted by molar-refractivity contribution is -0.161. The van der Waals surface area contributed by atoms with Gasteiger partial charge in [-0.3, -0.25) is 37.3 Å². The standard InChI is InChI=1S/C84H156O17P2/c1-7-10-12-14-16-18-20-22-28-33-37-41-48-54-60-66-81(86)94-72-79(100-83(88)69-63-57-51-43-39-35-31-27-25-24-26-30-32-36-40-47-53-59-65-77(6)9-3)74-98-102(90,91)96-70-78(85)71-97-103(92,93)99-75-80(73-95-82(87)67-61-55-49-45-44-46-52-58-64-76(4)5)101-84(89)68-62-56-50-42-38-34-29-23-21-19-17-15-13-11-8-2/h18-23,28-29,76-80,85H,7-17,24-27,30-75H2,1-6H3,(H,90,91)(H,92,93)/b20-18-,21-19-,28-22-,29-23-/t77?,78-,79-,80-/m1/s1. The summed E-state index contributed by atoms with van der Waals surface area (Å²) in [4.78, 5) is 73.1.